The van der Waals surface area contributed by atoms with Crippen molar-refractivity contribution in [3.05, 3.63) is 95.6 Å². The number of rotatable bonds is 5. The van der Waals surface area contributed by atoms with Crippen molar-refractivity contribution in [1.29, 1.82) is 5.26 Å². The maximum Gasteiger partial charge on any atom is 0.228 e. The standard InChI is InChI=1S/C25H22N2O2/c1-19-9-5-7-13-22(19)27-24(28)15-16-25(27,18-26)21-12-6-8-14-23(21)29-17-20-10-3-2-4-11-20/h2-14H,15-17H2,1H3/t25-/m1/s1. The number of aryl methyl sites for hydroxylation is 1. The number of amides is 1. The van der Waals surface area contributed by atoms with Crippen molar-refractivity contribution in [3.8, 4) is 11.8 Å². The Morgan fingerprint density at radius 3 is 2.45 bits per heavy atom. The molecule has 4 heteroatoms. The van der Waals surface area contributed by atoms with E-state index in [2.05, 4.69) is 6.07 Å². The largest absolute Gasteiger partial charge is 0.488 e. The third-order valence-electron chi connectivity index (χ3n) is 5.44. The second-order valence-corrected chi connectivity index (χ2v) is 7.26. The van der Waals surface area contributed by atoms with Gasteiger partial charge in [0.25, 0.3) is 0 Å². The van der Waals surface area contributed by atoms with Crippen LogP contribution in [0.4, 0.5) is 5.69 Å². The van der Waals surface area contributed by atoms with E-state index >= 15 is 0 Å². The molecule has 0 N–H and O–H groups in total. The van der Waals surface area contributed by atoms with Crippen LogP contribution in [0.15, 0.2) is 78.9 Å². The molecule has 3 aromatic rings. The van der Waals surface area contributed by atoms with Gasteiger partial charge in [0.15, 0.2) is 5.54 Å². The SMILES string of the molecule is Cc1ccccc1N1C(=O)CC[C@@]1(C#N)c1ccccc1OCc1ccccc1. The van der Waals surface area contributed by atoms with Gasteiger partial charge < -0.3 is 4.74 Å². The van der Waals surface area contributed by atoms with Gasteiger partial charge in [-0.2, -0.15) is 5.26 Å². The Morgan fingerprint density at radius 1 is 1.00 bits per heavy atom. The molecule has 144 valence electrons. The molecule has 1 amide bonds. The summed E-state index contributed by atoms with van der Waals surface area (Å²) < 4.78 is 6.12. The summed E-state index contributed by atoms with van der Waals surface area (Å²) >= 11 is 0. The Labute approximate surface area is 171 Å². The number of hydrogen-bond acceptors (Lipinski definition) is 3. The van der Waals surface area contributed by atoms with Gasteiger partial charge in [-0.1, -0.05) is 66.7 Å². The zero-order chi connectivity index (χ0) is 20.3. The number of benzene rings is 3. The van der Waals surface area contributed by atoms with E-state index in [9.17, 15) is 10.1 Å². The summed E-state index contributed by atoms with van der Waals surface area (Å²) in [7, 11) is 0. The van der Waals surface area contributed by atoms with Crippen LogP contribution in [0.25, 0.3) is 0 Å². The molecule has 1 aliphatic rings. The molecule has 0 bridgehead atoms. The molecular weight excluding hydrogens is 360 g/mol. The highest BCUT2D eigenvalue weighted by atomic mass is 16.5. The molecular formula is C25H22N2O2. The predicted octanol–water partition coefficient (Wildman–Crippen LogP) is 5.12. The zero-order valence-corrected chi connectivity index (χ0v) is 16.3. The fraction of sp³-hybridized carbons (Fsp3) is 0.200. The van der Waals surface area contributed by atoms with Crippen LogP contribution in [0.2, 0.25) is 0 Å². The molecule has 0 spiro atoms. The smallest absolute Gasteiger partial charge is 0.228 e. The fourth-order valence-corrected chi connectivity index (χ4v) is 3.97. The maximum absolute atomic E-state index is 12.9. The molecule has 0 aromatic heterocycles. The summed E-state index contributed by atoms with van der Waals surface area (Å²) in [5.74, 6) is 0.588. The lowest BCUT2D eigenvalue weighted by Crippen LogP contribution is -2.43. The van der Waals surface area contributed by atoms with E-state index in [4.69, 9.17) is 4.74 Å². The van der Waals surface area contributed by atoms with E-state index in [0.717, 1.165) is 22.4 Å². The van der Waals surface area contributed by atoms with E-state index in [0.29, 0.717) is 25.2 Å². The van der Waals surface area contributed by atoms with Gasteiger partial charge in [0.05, 0.1) is 6.07 Å². The summed E-state index contributed by atoms with van der Waals surface area (Å²) in [6.45, 7) is 2.36. The van der Waals surface area contributed by atoms with Gasteiger partial charge in [0.1, 0.15) is 12.4 Å². The van der Waals surface area contributed by atoms with Crippen LogP contribution < -0.4 is 9.64 Å². The molecule has 29 heavy (non-hydrogen) atoms. The van der Waals surface area contributed by atoms with Crippen molar-refractivity contribution >= 4 is 11.6 Å². The van der Waals surface area contributed by atoms with E-state index < -0.39 is 5.54 Å². The first kappa shape index (κ1) is 18.8. The molecule has 0 radical (unpaired) electrons. The molecule has 1 heterocycles. The topological polar surface area (TPSA) is 53.3 Å². The Balaban J connectivity index is 1.76. The van der Waals surface area contributed by atoms with Crippen molar-refractivity contribution in [3.63, 3.8) is 0 Å². The minimum absolute atomic E-state index is 0.0429. The number of carbonyl (C=O) groups is 1. The molecule has 1 fully saturated rings. The minimum atomic E-state index is -1.09. The summed E-state index contributed by atoms with van der Waals surface area (Å²) in [6, 6.07) is 27.6. The predicted molar refractivity (Wildman–Crippen MR) is 112 cm³/mol. The zero-order valence-electron chi connectivity index (χ0n) is 16.3. The molecule has 0 unspecified atom stereocenters. The van der Waals surface area contributed by atoms with Gasteiger partial charge in [-0.3, -0.25) is 9.69 Å². The Kier molecular flexibility index (Phi) is 5.05. The number of carbonyl (C=O) groups excluding carboxylic acids is 1. The van der Waals surface area contributed by atoms with Crippen LogP contribution in [0.1, 0.15) is 29.5 Å². The fourth-order valence-electron chi connectivity index (χ4n) is 3.97. The summed E-state index contributed by atoms with van der Waals surface area (Å²) in [5.41, 5.74) is 2.43. The van der Waals surface area contributed by atoms with Gasteiger partial charge in [0, 0.05) is 17.7 Å². The molecule has 1 saturated heterocycles. The maximum atomic E-state index is 12.9. The number of hydrogen-bond donors (Lipinski definition) is 0. The number of nitriles is 1. The molecule has 1 aliphatic heterocycles. The van der Waals surface area contributed by atoms with Crippen LogP contribution in [-0.2, 0) is 16.9 Å². The van der Waals surface area contributed by atoms with Gasteiger partial charge in [0.2, 0.25) is 5.91 Å². The Bertz CT molecular complexity index is 1070. The first-order chi connectivity index (χ1) is 14.2. The number of para-hydroxylation sites is 2. The molecule has 1 atom stereocenters. The average molecular weight is 382 g/mol. The van der Waals surface area contributed by atoms with Gasteiger partial charge >= 0.3 is 0 Å². The number of anilines is 1. The number of nitrogens with zero attached hydrogens (tertiary/aromatic N) is 2. The monoisotopic (exact) mass is 382 g/mol. The van der Waals surface area contributed by atoms with Gasteiger partial charge in [-0.05, 0) is 36.6 Å². The first-order valence-corrected chi connectivity index (χ1v) is 9.72. The summed E-state index contributed by atoms with van der Waals surface area (Å²) in [6.07, 6.45) is 0.761. The lowest BCUT2D eigenvalue weighted by molar-refractivity contribution is -0.117. The second kappa shape index (κ2) is 7.81. The lowest BCUT2D eigenvalue weighted by atomic mass is 9.87. The van der Waals surface area contributed by atoms with E-state index in [1.807, 2.05) is 85.8 Å². The average Bonchev–Trinajstić information content (AvgIpc) is 3.11. The van der Waals surface area contributed by atoms with E-state index in [1.165, 1.54) is 0 Å². The third-order valence-corrected chi connectivity index (χ3v) is 5.44. The van der Waals surface area contributed by atoms with Crippen LogP contribution in [0, 0.1) is 18.3 Å². The number of ether oxygens (including phenoxy) is 1. The lowest BCUT2D eigenvalue weighted by Gasteiger charge is -2.35. The minimum Gasteiger partial charge on any atom is -0.488 e. The quantitative estimate of drug-likeness (QED) is 0.615. The van der Waals surface area contributed by atoms with E-state index in [1.54, 1.807) is 4.90 Å². The van der Waals surface area contributed by atoms with Crippen LogP contribution in [0.3, 0.4) is 0 Å². The summed E-state index contributed by atoms with van der Waals surface area (Å²) in [5, 5.41) is 10.3. The van der Waals surface area contributed by atoms with Gasteiger partial charge in [-0.15, -0.1) is 0 Å². The summed E-state index contributed by atoms with van der Waals surface area (Å²) in [4.78, 5) is 14.6. The van der Waals surface area contributed by atoms with Crippen LogP contribution in [-0.4, -0.2) is 5.91 Å². The van der Waals surface area contributed by atoms with Gasteiger partial charge in [-0.25, -0.2) is 0 Å². The Morgan fingerprint density at radius 2 is 1.69 bits per heavy atom. The highest BCUT2D eigenvalue weighted by molar-refractivity contribution is 5.99. The van der Waals surface area contributed by atoms with Crippen molar-refractivity contribution < 1.29 is 9.53 Å². The molecule has 0 saturated carbocycles. The second-order valence-electron chi connectivity index (χ2n) is 7.26. The molecule has 0 aliphatic carbocycles. The van der Waals surface area contributed by atoms with Crippen molar-refractivity contribution in [2.45, 2.75) is 31.9 Å². The van der Waals surface area contributed by atoms with Crippen molar-refractivity contribution in [2.75, 3.05) is 4.90 Å². The van der Waals surface area contributed by atoms with Crippen LogP contribution in [0.5, 0.6) is 5.75 Å². The van der Waals surface area contributed by atoms with Crippen molar-refractivity contribution in [2.24, 2.45) is 0 Å². The first-order valence-electron chi connectivity index (χ1n) is 9.72. The van der Waals surface area contributed by atoms with Crippen molar-refractivity contribution in [1.82, 2.24) is 0 Å². The molecule has 4 rings (SSSR count). The highest BCUT2D eigenvalue weighted by Crippen LogP contribution is 2.46. The highest BCUT2D eigenvalue weighted by Gasteiger charge is 2.50. The Hall–Kier alpha value is -3.58. The molecule has 4 nitrogen and oxygen atoms in total. The molecule has 3 aromatic carbocycles. The van der Waals surface area contributed by atoms with E-state index in [-0.39, 0.29) is 5.91 Å². The van der Waals surface area contributed by atoms with Crippen LogP contribution >= 0.6 is 0 Å². The third kappa shape index (κ3) is 3.36. The normalized spacial score (nSPS) is 18.5.